The first-order chi connectivity index (χ1) is 15.8. The maximum Gasteiger partial charge on any atom is 0.251 e. The molecular formula is C25H31N5O2S. The van der Waals surface area contributed by atoms with E-state index in [1.807, 2.05) is 81.7 Å². The van der Waals surface area contributed by atoms with Crippen LogP contribution in [0.3, 0.4) is 0 Å². The van der Waals surface area contributed by atoms with E-state index in [1.165, 1.54) is 11.8 Å². The van der Waals surface area contributed by atoms with Crippen molar-refractivity contribution in [3.8, 4) is 0 Å². The fraction of sp³-hybridized carbons (Fsp3) is 0.360. The molecule has 7 nitrogen and oxygen atoms in total. The number of rotatable bonds is 9. The highest BCUT2D eigenvalue weighted by molar-refractivity contribution is 7.99. The summed E-state index contributed by atoms with van der Waals surface area (Å²) in [5.74, 6) is 0.762. The van der Waals surface area contributed by atoms with Crippen LogP contribution in [0, 0.1) is 19.8 Å². The van der Waals surface area contributed by atoms with E-state index in [0.717, 1.165) is 16.8 Å². The summed E-state index contributed by atoms with van der Waals surface area (Å²) in [5, 5.41) is 15.4. The van der Waals surface area contributed by atoms with E-state index in [-0.39, 0.29) is 29.5 Å². The van der Waals surface area contributed by atoms with Crippen molar-refractivity contribution in [1.29, 1.82) is 0 Å². The molecule has 0 aliphatic heterocycles. The average Bonchev–Trinajstić information content (AvgIpc) is 3.19. The van der Waals surface area contributed by atoms with Gasteiger partial charge in [0.25, 0.3) is 5.91 Å². The van der Waals surface area contributed by atoms with E-state index < -0.39 is 0 Å². The van der Waals surface area contributed by atoms with Crippen molar-refractivity contribution in [1.82, 2.24) is 20.1 Å². The summed E-state index contributed by atoms with van der Waals surface area (Å²) in [4.78, 5) is 25.3. The molecule has 0 bridgehead atoms. The largest absolute Gasteiger partial charge is 0.342 e. The molecule has 0 unspecified atom stereocenters. The van der Waals surface area contributed by atoms with Gasteiger partial charge in [0.05, 0.1) is 11.8 Å². The van der Waals surface area contributed by atoms with E-state index in [1.54, 1.807) is 6.07 Å². The first-order valence-corrected chi connectivity index (χ1v) is 12.1. The summed E-state index contributed by atoms with van der Waals surface area (Å²) in [7, 11) is 0. The minimum absolute atomic E-state index is 0.107. The Bertz CT molecular complexity index is 1110. The molecule has 0 aliphatic carbocycles. The summed E-state index contributed by atoms with van der Waals surface area (Å²) >= 11 is 1.33. The molecule has 0 radical (unpaired) electrons. The molecule has 3 rings (SSSR count). The number of aromatic nitrogens is 3. The summed E-state index contributed by atoms with van der Waals surface area (Å²) in [6, 6.07) is 14.9. The van der Waals surface area contributed by atoms with Gasteiger partial charge in [0.1, 0.15) is 0 Å². The van der Waals surface area contributed by atoms with Crippen molar-refractivity contribution < 1.29 is 9.59 Å². The zero-order valence-electron chi connectivity index (χ0n) is 19.8. The second kappa shape index (κ2) is 11.1. The van der Waals surface area contributed by atoms with Crippen LogP contribution in [-0.2, 0) is 11.3 Å². The predicted molar refractivity (Wildman–Crippen MR) is 132 cm³/mol. The molecule has 174 valence electrons. The van der Waals surface area contributed by atoms with Gasteiger partial charge in [-0.25, -0.2) is 0 Å². The molecule has 33 heavy (non-hydrogen) atoms. The fourth-order valence-corrected chi connectivity index (χ4v) is 4.25. The van der Waals surface area contributed by atoms with Gasteiger partial charge in [0, 0.05) is 17.8 Å². The van der Waals surface area contributed by atoms with E-state index in [9.17, 15) is 9.59 Å². The molecule has 2 N–H and O–H groups in total. The molecule has 1 aromatic heterocycles. The van der Waals surface area contributed by atoms with Crippen LogP contribution in [0.1, 0.15) is 54.1 Å². The number of anilines is 1. The van der Waals surface area contributed by atoms with Crippen LogP contribution in [0.2, 0.25) is 0 Å². The smallest absolute Gasteiger partial charge is 0.251 e. The highest BCUT2D eigenvalue weighted by Gasteiger charge is 2.26. The van der Waals surface area contributed by atoms with Crippen molar-refractivity contribution in [3.05, 3.63) is 71.0 Å². The number of benzene rings is 2. The maximum atomic E-state index is 12.9. The zero-order chi connectivity index (χ0) is 24.0. The van der Waals surface area contributed by atoms with Crippen LogP contribution in [0.5, 0.6) is 0 Å². The van der Waals surface area contributed by atoms with Crippen LogP contribution < -0.4 is 10.6 Å². The van der Waals surface area contributed by atoms with Crippen molar-refractivity contribution in [2.24, 2.45) is 5.92 Å². The zero-order valence-corrected chi connectivity index (χ0v) is 20.6. The van der Waals surface area contributed by atoms with Gasteiger partial charge >= 0.3 is 0 Å². The molecule has 0 saturated carbocycles. The topological polar surface area (TPSA) is 88.9 Å². The molecule has 2 amide bonds. The third-order valence-electron chi connectivity index (χ3n) is 5.24. The SMILES string of the molecule is CCn1c(SCC(=O)Nc2ccc(C)cc2)nnc1[C@H](NC(=O)c1cccc(C)c1)C(C)C. The molecule has 0 saturated heterocycles. The summed E-state index contributed by atoms with van der Waals surface area (Å²) in [6.07, 6.45) is 0. The molecule has 0 fully saturated rings. The Morgan fingerprint density at radius 2 is 1.76 bits per heavy atom. The predicted octanol–water partition coefficient (Wildman–Crippen LogP) is 4.77. The quantitative estimate of drug-likeness (QED) is 0.444. The van der Waals surface area contributed by atoms with Gasteiger partial charge in [-0.2, -0.15) is 0 Å². The van der Waals surface area contributed by atoms with Gasteiger partial charge in [-0.3, -0.25) is 9.59 Å². The minimum Gasteiger partial charge on any atom is -0.342 e. The van der Waals surface area contributed by atoms with Crippen molar-refractivity contribution >= 4 is 29.3 Å². The van der Waals surface area contributed by atoms with E-state index in [0.29, 0.717) is 23.1 Å². The average molecular weight is 466 g/mol. The van der Waals surface area contributed by atoms with E-state index >= 15 is 0 Å². The van der Waals surface area contributed by atoms with Gasteiger partial charge in [-0.1, -0.05) is 61.0 Å². The lowest BCUT2D eigenvalue weighted by Gasteiger charge is -2.22. The van der Waals surface area contributed by atoms with Crippen molar-refractivity contribution in [3.63, 3.8) is 0 Å². The third kappa shape index (κ3) is 6.44. The van der Waals surface area contributed by atoms with Crippen LogP contribution >= 0.6 is 11.8 Å². The second-order valence-electron chi connectivity index (χ2n) is 8.35. The van der Waals surface area contributed by atoms with Crippen LogP contribution in [0.4, 0.5) is 5.69 Å². The van der Waals surface area contributed by atoms with E-state index in [2.05, 4.69) is 20.8 Å². The number of hydrogen-bond acceptors (Lipinski definition) is 5. The Morgan fingerprint density at radius 1 is 1.03 bits per heavy atom. The molecular weight excluding hydrogens is 434 g/mol. The Kier molecular flexibility index (Phi) is 8.27. The number of carbonyl (C=O) groups excluding carboxylic acids is 2. The number of thioether (sulfide) groups is 1. The van der Waals surface area contributed by atoms with Crippen LogP contribution in [0.15, 0.2) is 53.7 Å². The number of carbonyl (C=O) groups is 2. The Hall–Kier alpha value is -3.13. The summed E-state index contributed by atoms with van der Waals surface area (Å²) in [6.45, 7) is 10.7. The molecule has 1 atom stereocenters. The van der Waals surface area contributed by atoms with Gasteiger partial charge in [0.15, 0.2) is 11.0 Å². The lowest BCUT2D eigenvalue weighted by molar-refractivity contribution is -0.113. The lowest BCUT2D eigenvalue weighted by atomic mass is 10.0. The number of hydrogen-bond donors (Lipinski definition) is 2. The minimum atomic E-state index is -0.304. The van der Waals surface area contributed by atoms with Crippen molar-refractivity contribution in [2.75, 3.05) is 11.1 Å². The lowest BCUT2D eigenvalue weighted by Crippen LogP contribution is -2.33. The fourth-order valence-electron chi connectivity index (χ4n) is 3.44. The highest BCUT2D eigenvalue weighted by Crippen LogP contribution is 2.26. The first kappa shape index (κ1) is 24.5. The summed E-state index contributed by atoms with van der Waals surface area (Å²) < 4.78 is 1.96. The first-order valence-electron chi connectivity index (χ1n) is 11.1. The standard InChI is InChI=1S/C25H31N5O2S/c1-6-30-23(22(16(2)3)27-24(32)19-9-7-8-18(5)14-19)28-29-25(30)33-15-21(31)26-20-12-10-17(4)11-13-20/h7-14,16,22H,6,15H2,1-5H3,(H,26,31)(H,27,32)/t22-/m1/s1. The Balaban J connectivity index is 1.70. The normalized spacial score (nSPS) is 11.9. The third-order valence-corrected chi connectivity index (χ3v) is 6.21. The van der Waals surface area contributed by atoms with Crippen LogP contribution in [-0.4, -0.2) is 32.3 Å². The maximum absolute atomic E-state index is 12.9. The number of nitrogens with one attached hydrogen (secondary N) is 2. The monoisotopic (exact) mass is 465 g/mol. The van der Waals surface area contributed by atoms with Gasteiger partial charge in [-0.15, -0.1) is 10.2 Å². The van der Waals surface area contributed by atoms with Gasteiger partial charge < -0.3 is 15.2 Å². The molecule has 3 aromatic rings. The highest BCUT2D eigenvalue weighted by atomic mass is 32.2. The molecule has 2 aromatic carbocycles. The van der Waals surface area contributed by atoms with Crippen molar-refractivity contribution in [2.45, 2.75) is 52.4 Å². The Morgan fingerprint density at radius 3 is 2.39 bits per heavy atom. The molecule has 0 spiro atoms. The second-order valence-corrected chi connectivity index (χ2v) is 9.30. The Labute approximate surface area is 199 Å². The van der Waals surface area contributed by atoms with Crippen LogP contribution in [0.25, 0.3) is 0 Å². The molecule has 0 aliphatic rings. The van der Waals surface area contributed by atoms with Gasteiger partial charge in [0.2, 0.25) is 5.91 Å². The summed E-state index contributed by atoms with van der Waals surface area (Å²) in [5.41, 5.74) is 3.55. The molecule has 8 heteroatoms. The molecule has 1 heterocycles. The van der Waals surface area contributed by atoms with E-state index in [4.69, 9.17) is 0 Å². The van der Waals surface area contributed by atoms with Gasteiger partial charge in [-0.05, 0) is 51.0 Å². The number of aryl methyl sites for hydroxylation is 2. The number of nitrogens with zero attached hydrogens (tertiary/aromatic N) is 3. The number of amides is 2.